The van der Waals surface area contributed by atoms with Crippen LogP contribution in [0.25, 0.3) is 22.5 Å². The molecule has 4 rings (SSSR count). The van der Waals surface area contributed by atoms with E-state index in [2.05, 4.69) is 53.4 Å². The van der Waals surface area contributed by atoms with E-state index >= 15 is 0 Å². The maximum Gasteiger partial charge on any atom is 0.405 e. The number of nitrogen functional groups attached to an aromatic ring is 1. The number of fused-ring (bicyclic) bond motifs is 1. The smallest absolute Gasteiger partial charge is 0.402 e. The molecule has 1 fully saturated rings. The minimum Gasteiger partial charge on any atom is -0.402 e. The lowest BCUT2D eigenvalue weighted by molar-refractivity contribution is -0.115. The van der Waals surface area contributed by atoms with Crippen molar-refractivity contribution in [3.8, 4) is 11.6 Å². The zero-order chi connectivity index (χ0) is 21.0. The third-order valence-corrected chi connectivity index (χ3v) is 4.91. The monoisotopic (exact) mass is 405 g/mol. The first-order valence-electron chi connectivity index (χ1n) is 9.40. The molecule has 0 amide bonds. The first kappa shape index (κ1) is 19.5. The van der Waals surface area contributed by atoms with Crippen molar-refractivity contribution in [3.63, 3.8) is 0 Å². The van der Waals surface area contributed by atoms with Crippen molar-refractivity contribution in [3.05, 3.63) is 29.3 Å². The molecule has 154 valence electrons. The van der Waals surface area contributed by atoms with E-state index in [0.29, 0.717) is 17.3 Å². The van der Waals surface area contributed by atoms with Gasteiger partial charge >= 0.3 is 12.2 Å². The molecule has 0 spiro atoms. The second-order valence-corrected chi connectivity index (χ2v) is 8.47. The van der Waals surface area contributed by atoms with Crippen molar-refractivity contribution < 1.29 is 17.6 Å². The molecule has 29 heavy (non-hydrogen) atoms. The number of hydrogen-bond donors (Lipinski definition) is 2. The SMILES string of the molecule is CC(C)(C)c1cc(C2CC2)cc2c(N)cc(-c3nnc(NCC(F)(F)F)o3)nc12. The van der Waals surface area contributed by atoms with Crippen LogP contribution in [0.2, 0.25) is 0 Å². The van der Waals surface area contributed by atoms with E-state index in [1.54, 1.807) is 6.07 Å². The van der Waals surface area contributed by atoms with E-state index in [-0.39, 0.29) is 17.3 Å². The van der Waals surface area contributed by atoms with Crippen molar-refractivity contribution in [2.75, 3.05) is 17.6 Å². The minimum atomic E-state index is -4.39. The van der Waals surface area contributed by atoms with Crippen LogP contribution in [0, 0.1) is 0 Å². The maximum atomic E-state index is 12.4. The summed E-state index contributed by atoms with van der Waals surface area (Å²) in [4.78, 5) is 4.69. The number of benzene rings is 1. The lowest BCUT2D eigenvalue weighted by Gasteiger charge is -2.23. The van der Waals surface area contributed by atoms with Crippen LogP contribution >= 0.6 is 0 Å². The highest BCUT2D eigenvalue weighted by molar-refractivity contribution is 5.95. The summed E-state index contributed by atoms with van der Waals surface area (Å²) < 4.78 is 42.4. The molecule has 1 aliphatic rings. The summed E-state index contributed by atoms with van der Waals surface area (Å²) in [6.45, 7) is 5.05. The molecular formula is C20H22F3N5O. The van der Waals surface area contributed by atoms with Crippen LogP contribution in [-0.4, -0.2) is 27.9 Å². The van der Waals surface area contributed by atoms with Crippen LogP contribution in [0.15, 0.2) is 22.6 Å². The number of rotatable bonds is 4. The Kier molecular flexibility index (Phi) is 4.43. The summed E-state index contributed by atoms with van der Waals surface area (Å²) in [6, 6.07) is 5.56. The molecule has 6 nitrogen and oxygen atoms in total. The topological polar surface area (TPSA) is 89.9 Å². The van der Waals surface area contributed by atoms with Gasteiger partial charge in [0.25, 0.3) is 5.89 Å². The Morgan fingerprint density at radius 2 is 1.86 bits per heavy atom. The molecule has 1 aromatic carbocycles. The fraction of sp³-hybridized carbons (Fsp3) is 0.450. The molecule has 0 unspecified atom stereocenters. The van der Waals surface area contributed by atoms with Gasteiger partial charge in [-0.25, -0.2) is 4.98 Å². The van der Waals surface area contributed by atoms with Gasteiger partial charge in [0, 0.05) is 11.1 Å². The van der Waals surface area contributed by atoms with Gasteiger partial charge in [-0.1, -0.05) is 31.9 Å². The highest BCUT2D eigenvalue weighted by atomic mass is 19.4. The number of anilines is 2. The van der Waals surface area contributed by atoms with Gasteiger partial charge in [-0.2, -0.15) is 13.2 Å². The Hall–Kier alpha value is -2.84. The summed E-state index contributed by atoms with van der Waals surface area (Å²) >= 11 is 0. The van der Waals surface area contributed by atoms with E-state index in [9.17, 15) is 13.2 Å². The molecule has 2 heterocycles. The van der Waals surface area contributed by atoms with Gasteiger partial charge in [-0.3, -0.25) is 0 Å². The predicted molar refractivity (Wildman–Crippen MR) is 105 cm³/mol. The van der Waals surface area contributed by atoms with Crippen LogP contribution in [0.4, 0.5) is 24.9 Å². The van der Waals surface area contributed by atoms with Gasteiger partial charge in [0.05, 0.1) is 5.52 Å². The number of halogens is 3. The molecule has 2 aromatic heterocycles. The Labute approximate surface area is 165 Å². The van der Waals surface area contributed by atoms with Gasteiger partial charge in [0.1, 0.15) is 12.2 Å². The van der Waals surface area contributed by atoms with Crippen LogP contribution < -0.4 is 11.1 Å². The third kappa shape index (κ3) is 4.13. The molecule has 0 saturated heterocycles. The largest absolute Gasteiger partial charge is 0.405 e. The minimum absolute atomic E-state index is 0.00871. The quantitative estimate of drug-likeness (QED) is 0.634. The van der Waals surface area contributed by atoms with E-state index in [1.165, 1.54) is 18.4 Å². The Morgan fingerprint density at radius 3 is 2.48 bits per heavy atom. The zero-order valence-electron chi connectivity index (χ0n) is 16.4. The lowest BCUT2D eigenvalue weighted by atomic mass is 9.83. The van der Waals surface area contributed by atoms with Gasteiger partial charge in [0.15, 0.2) is 0 Å². The van der Waals surface area contributed by atoms with Gasteiger partial charge < -0.3 is 15.5 Å². The summed E-state index contributed by atoms with van der Waals surface area (Å²) in [7, 11) is 0. The average Bonchev–Trinajstić information content (AvgIpc) is 3.35. The number of hydrogen-bond acceptors (Lipinski definition) is 6. The Bertz CT molecular complexity index is 1060. The molecular weight excluding hydrogens is 383 g/mol. The van der Waals surface area contributed by atoms with Gasteiger partial charge in [-0.15, -0.1) is 5.10 Å². The number of nitrogens with one attached hydrogen (secondary N) is 1. The number of alkyl halides is 3. The zero-order valence-corrected chi connectivity index (χ0v) is 16.4. The molecule has 1 saturated carbocycles. The molecule has 1 aliphatic carbocycles. The number of nitrogens with zero attached hydrogens (tertiary/aromatic N) is 3. The van der Waals surface area contributed by atoms with Crippen LogP contribution in [0.1, 0.15) is 50.7 Å². The summed E-state index contributed by atoms with van der Waals surface area (Å²) in [6.07, 6.45) is -2.03. The maximum absolute atomic E-state index is 12.4. The lowest BCUT2D eigenvalue weighted by Crippen LogP contribution is -2.21. The van der Waals surface area contributed by atoms with Gasteiger partial charge in [0.2, 0.25) is 0 Å². The Morgan fingerprint density at radius 1 is 1.14 bits per heavy atom. The standard InChI is InChI=1S/C20H22F3N5O/c1-19(2,3)13-7-11(10-4-5-10)6-12-14(24)8-15(26-16(12)13)17-27-28-18(29-17)25-9-20(21,22)23/h6-8,10H,4-5,9H2,1-3H3,(H2,24,26)(H,25,28). The van der Waals surface area contributed by atoms with E-state index in [0.717, 1.165) is 16.5 Å². The highest BCUT2D eigenvalue weighted by Gasteiger charge is 2.29. The van der Waals surface area contributed by atoms with Crippen LogP contribution in [0.5, 0.6) is 0 Å². The predicted octanol–water partition coefficient (Wildman–Crippen LogP) is 5.02. The second-order valence-electron chi connectivity index (χ2n) is 8.47. The molecule has 0 bridgehead atoms. The summed E-state index contributed by atoms with van der Waals surface area (Å²) in [5.41, 5.74) is 10.1. The summed E-state index contributed by atoms with van der Waals surface area (Å²) in [5, 5.41) is 10.4. The van der Waals surface area contributed by atoms with E-state index in [4.69, 9.17) is 10.2 Å². The fourth-order valence-corrected chi connectivity index (χ4v) is 3.28. The normalized spacial score (nSPS) is 15.1. The van der Waals surface area contributed by atoms with E-state index in [1.807, 2.05) is 0 Å². The average molecular weight is 405 g/mol. The first-order chi connectivity index (χ1) is 13.5. The first-order valence-corrected chi connectivity index (χ1v) is 9.40. The molecule has 3 N–H and O–H groups in total. The van der Waals surface area contributed by atoms with E-state index < -0.39 is 12.7 Å². The van der Waals surface area contributed by atoms with Crippen molar-refractivity contribution in [2.24, 2.45) is 0 Å². The number of nitrogens with two attached hydrogens (primary N) is 1. The van der Waals surface area contributed by atoms with Crippen molar-refractivity contribution in [1.82, 2.24) is 15.2 Å². The van der Waals surface area contributed by atoms with Crippen molar-refractivity contribution in [2.45, 2.75) is 51.1 Å². The summed E-state index contributed by atoms with van der Waals surface area (Å²) in [5.74, 6) is 0.576. The Balaban J connectivity index is 1.77. The van der Waals surface area contributed by atoms with Crippen LogP contribution in [0.3, 0.4) is 0 Å². The van der Waals surface area contributed by atoms with Crippen molar-refractivity contribution in [1.29, 1.82) is 0 Å². The van der Waals surface area contributed by atoms with Gasteiger partial charge in [-0.05, 0) is 47.4 Å². The number of aromatic nitrogens is 3. The second kappa shape index (κ2) is 6.60. The highest BCUT2D eigenvalue weighted by Crippen LogP contribution is 2.44. The van der Waals surface area contributed by atoms with Crippen molar-refractivity contribution >= 4 is 22.6 Å². The van der Waals surface area contributed by atoms with Crippen LogP contribution in [-0.2, 0) is 5.41 Å². The fourth-order valence-electron chi connectivity index (χ4n) is 3.28. The number of pyridine rings is 1. The molecule has 0 atom stereocenters. The molecule has 0 aliphatic heterocycles. The third-order valence-electron chi connectivity index (χ3n) is 4.91. The molecule has 0 radical (unpaired) electrons. The molecule has 3 aromatic rings. The molecule has 9 heteroatoms.